The van der Waals surface area contributed by atoms with Gasteiger partial charge in [0.05, 0.1) is 104 Å². The van der Waals surface area contributed by atoms with Crippen LogP contribution in [-0.4, -0.2) is 174 Å². The van der Waals surface area contributed by atoms with Crippen molar-refractivity contribution in [2.45, 2.75) is 73.0 Å². The van der Waals surface area contributed by atoms with Crippen molar-refractivity contribution in [1.29, 1.82) is 0 Å². The van der Waals surface area contributed by atoms with Crippen molar-refractivity contribution in [2.24, 2.45) is 10.8 Å². The fourth-order valence-electron chi connectivity index (χ4n) is 9.14. The van der Waals surface area contributed by atoms with E-state index in [1.54, 1.807) is 61.2 Å². The Labute approximate surface area is 447 Å². The van der Waals surface area contributed by atoms with Crippen LogP contribution in [-0.2, 0) is 20.9 Å². The maximum Gasteiger partial charge on any atom is 0.203 e. The summed E-state index contributed by atoms with van der Waals surface area (Å²) in [6.07, 6.45) is 8.42. The molecule has 0 unspecified atom stereocenters. The normalized spacial score (nSPS) is 14.8. The summed E-state index contributed by atoms with van der Waals surface area (Å²) in [5, 5.41) is 0. The molecule has 4 aromatic heterocycles. The van der Waals surface area contributed by atoms with E-state index in [-0.39, 0.29) is 11.6 Å². The highest BCUT2D eigenvalue weighted by molar-refractivity contribution is 6.76. The molecular weight excluding hydrogens is 989 g/mol. The number of nitrogens with one attached hydrogen (secondary N) is 1. The third-order valence-corrected chi connectivity index (χ3v) is 15.8. The van der Waals surface area contributed by atoms with E-state index in [1.807, 2.05) is 62.7 Å². The SMILES string of the molecule is COc1cc(-c2cnc3[nH]cc(C(=O)C(C)(C)CCN4CCOCC4)c3n2)cc(OC)c1OC.COc1cc(-c2cnc3c(n2)c(C(=O)C(C)(C)CCN2CCOCC2)cn3COCC[Si](C)(C)C)cc(OC)c1OC. The summed E-state index contributed by atoms with van der Waals surface area (Å²) in [6, 6.07) is 8.36. The number of aromatic amines is 1. The van der Waals surface area contributed by atoms with Crippen LogP contribution in [0.3, 0.4) is 0 Å². The predicted octanol–water partition coefficient (Wildman–Crippen LogP) is 8.95. The van der Waals surface area contributed by atoms with Crippen LogP contribution in [0, 0.1) is 10.8 Å². The molecule has 6 heterocycles. The Balaban J connectivity index is 0.000000226. The second-order valence-electron chi connectivity index (χ2n) is 21.6. The number of methoxy groups -OCH3 is 6. The van der Waals surface area contributed by atoms with Gasteiger partial charge < -0.3 is 52.2 Å². The molecule has 1 N–H and O–H groups in total. The Morgan fingerprint density at radius 2 is 1.08 bits per heavy atom. The van der Waals surface area contributed by atoms with Gasteiger partial charge in [0.2, 0.25) is 11.5 Å². The van der Waals surface area contributed by atoms with Crippen molar-refractivity contribution >= 4 is 42.0 Å². The Morgan fingerprint density at radius 1 is 0.632 bits per heavy atom. The lowest BCUT2D eigenvalue weighted by Gasteiger charge is -2.30. The van der Waals surface area contributed by atoms with E-state index in [2.05, 4.69) is 39.4 Å². The standard InChI is InChI=1S/C31H46N4O6Si.C25H32N4O5/c1-31(2,9-10-34-11-13-40-14-12-34)29(36)23-20-35(21-41-15-16-42(6,7)8)30-27(23)33-24(19-32-30)22-17-25(37-3)28(39-5)26(18-22)38-4;1-25(2,6-7-29-8-10-34-11-9-29)23(30)17-14-26-24-21(17)28-18(15-27-24)16-12-19(31-3)22(33-5)20(13-16)32-4/h17-20H,9-16,21H2,1-8H3;12-15H,6-11H2,1-5H3,(H,26,27). The van der Waals surface area contributed by atoms with Gasteiger partial charge in [-0.2, -0.15) is 0 Å². The average molecular weight is 1070 g/mol. The van der Waals surface area contributed by atoms with Crippen LogP contribution in [0.1, 0.15) is 61.3 Å². The number of ketones is 2. The van der Waals surface area contributed by atoms with Crippen molar-refractivity contribution in [3.8, 4) is 57.0 Å². The van der Waals surface area contributed by atoms with Crippen LogP contribution in [0.4, 0.5) is 0 Å². The summed E-state index contributed by atoms with van der Waals surface area (Å²) in [5.41, 5.74) is 4.93. The maximum atomic E-state index is 14.1. The van der Waals surface area contributed by atoms with Crippen molar-refractivity contribution in [1.82, 2.24) is 39.3 Å². The molecule has 19 nitrogen and oxygen atoms in total. The van der Waals surface area contributed by atoms with Crippen LogP contribution in [0.5, 0.6) is 34.5 Å². The molecule has 20 heteroatoms. The minimum atomic E-state index is -1.24. The molecule has 0 bridgehead atoms. The molecule has 412 valence electrons. The van der Waals surface area contributed by atoms with E-state index in [0.29, 0.717) is 92.7 Å². The lowest BCUT2D eigenvalue weighted by molar-refractivity contribution is 0.0322. The van der Waals surface area contributed by atoms with Gasteiger partial charge in [0.1, 0.15) is 17.8 Å². The van der Waals surface area contributed by atoms with Gasteiger partial charge >= 0.3 is 0 Å². The first-order valence-corrected chi connectivity index (χ1v) is 29.6. The first-order valence-electron chi connectivity index (χ1n) is 25.9. The minimum absolute atomic E-state index is 0.0398. The Kier molecular flexibility index (Phi) is 19.2. The summed E-state index contributed by atoms with van der Waals surface area (Å²) in [6.45, 7) is 24.2. The molecule has 0 spiro atoms. The highest BCUT2D eigenvalue weighted by Gasteiger charge is 2.34. The van der Waals surface area contributed by atoms with Crippen LogP contribution in [0.25, 0.3) is 44.8 Å². The number of fused-ring (bicyclic) bond motifs is 2. The molecular formula is C56H78N8O11Si. The van der Waals surface area contributed by atoms with E-state index in [4.69, 9.17) is 57.6 Å². The predicted molar refractivity (Wildman–Crippen MR) is 296 cm³/mol. The number of carbonyl (C=O) groups excluding carboxylic acids is 2. The molecule has 76 heavy (non-hydrogen) atoms. The molecule has 2 aromatic carbocycles. The first-order chi connectivity index (χ1) is 36.3. The molecule has 2 saturated heterocycles. The zero-order valence-corrected chi connectivity index (χ0v) is 47.8. The molecule has 2 fully saturated rings. The molecule has 8 rings (SSSR count). The number of Topliss-reactive ketones (excluding diaryl/α,β-unsaturated/α-hetero) is 2. The third kappa shape index (κ3) is 13.7. The van der Waals surface area contributed by atoms with Crippen molar-refractivity contribution in [2.75, 3.05) is 115 Å². The van der Waals surface area contributed by atoms with E-state index < -0.39 is 18.9 Å². The van der Waals surface area contributed by atoms with Crippen LogP contribution in [0.2, 0.25) is 25.7 Å². The van der Waals surface area contributed by atoms with E-state index in [1.165, 1.54) is 0 Å². The summed E-state index contributed by atoms with van der Waals surface area (Å²) in [4.78, 5) is 54.6. The van der Waals surface area contributed by atoms with Gasteiger partial charge in [0, 0.05) is 75.2 Å². The fourth-order valence-corrected chi connectivity index (χ4v) is 9.90. The average Bonchev–Trinajstić information content (AvgIpc) is 4.03. The molecule has 6 aromatic rings. The Bertz CT molecular complexity index is 2890. The zero-order chi connectivity index (χ0) is 54.8. The van der Waals surface area contributed by atoms with E-state index in [9.17, 15) is 9.59 Å². The minimum Gasteiger partial charge on any atom is -0.493 e. The van der Waals surface area contributed by atoms with Gasteiger partial charge in [-0.15, -0.1) is 0 Å². The summed E-state index contributed by atoms with van der Waals surface area (Å²) >= 11 is 0. The maximum absolute atomic E-state index is 14.1. The molecule has 0 aliphatic carbocycles. The van der Waals surface area contributed by atoms with Crippen LogP contribution < -0.4 is 28.4 Å². The largest absolute Gasteiger partial charge is 0.493 e. The number of hydrogen-bond acceptors (Lipinski definition) is 17. The van der Waals surface area contributed by atoms with Crippen LogP contribution in [0.15, 0.2) is 49.1 Å². The number of aromatic nitrogens is 6. The highest BCUT2D eigenvalue weighted by atomic mass is 28.3. The number of hydrogen-bond donors (Lipinski definition) is 1. The van der Waals surface area contributed by atoms with Gasteiger partial charge in [-0.25, -0.2) is 19.9 Å². The van der Waals surface area contributed by atoms with E-state index >= 15 is 0 Å². The number of ether oxygens (including phenoxy) is 9. The lowest BCUT2D eigenvalue weighted by Crippen LogP contribution is -2.39. The number of H-pyrrole nitrogens is 1. The molecule has 0 saturated carbocycles. The molecule has 0 radical (unpaired) electrons. The Hall–Kier alpha value is -6.16. The number of morpholine rings is 2. The number of carbonyl (C=O) groups is 2. The topological polar surface area (TPSA) is 196 Å². The Morgan fingerprint density at radius 3 is 1.53 bits per heavy atom. The second-order valence-corrected chi connectivity index (χ2v) is 27.2. The van der Waals surface area contributed by atoms with Crippen LogP contribution >= 0.6 is 0 Å². The summed E-state index contributed by atoms with van der Waals surface area (Å²) in [5.74, 6) is 3.16. The first kappa shape index (κ1) is 57.5. The summed E-state index contributed by atoms with van der Waals surface area (Å²) < 4.78 is 51.8. The van der Waals surface area contributed by atoms with Gasteiger partial charge in [-0.05, 0) is 56.2 Å². The quantitative estimate of drug-likeness (QED) is 0.0362. The van der Waals surface area contributed by atoms with Crippen molar-refractivity contribution in [3.05, 3.63) is 60.2 Å². The van der Waals surface area contributed by atoms with E-state index in [0.717, 1.165) is 95.7 Å². The number of benzene rings is 2. The van der Waals surface area contributed by atoms with Crippen molar-refractivity contribution < 1.29 is 52.2 Å². The fraction of sp³-hybridized carbons (Fsp3) is 0.536. The zero-order valence-electron chi connectivity index (χ0n) is 46.8. The van der Waals surface area contributed by atoms with Crippen molar-refractivity contribution in [3.63, 3.8) is 0 Å². The molecule has 0 amide bonds. The highest BCUT2D eigenvalue weighted by Crippen LogP contribution is 2.43. The monoisotopic (exact) mass is 1070 g/mol. The van der Waals surface area contributed by atoms with Gasteiger partial charge in [-0.1, -0.05) is 47.3 Å². The number of nitrogens with zero attached hydrogens (tertiary/aromatic N) is 7. The van der Waals surface area contributed by atoms with Gasteiger partial charge in [0.15, 0.2) is 45.9 Å². The molecule has 0 atom stereocenters. The molecule has 2 aliphatic rings. The lowest BCUT2D eigenvalue weighted by atomic mass is 9.81. The second kappa shape index (κ2) is 25.3. The summed E-state index contributed by atoms with van der Waals surface area (Å²) in [7, 11) is 8.18. The smallest absolute Gasteiger partial charge is 0.203 e. The van der Waals surface area contributed by atoms with Gasteiger partial charge in [-0.3, -0.25) is 19.4 Å². The molecule has 2 aliphatic heterocycles. The van der Waals surface area contributed by atoms with Gasteiger partial charge in [0.25, 0.3) is 0 Å². The third-order valence-electron chi connectivity index (χ3n) is 14.1. The number of rotatable bonds is 23.